The molecule has 0 spiro atoms. The van der Waals surface area contributed by atoms with Crippen LogP contribution in [0.25, 0.3) is 0 Å². The lowest BCUT2D eigenvalue weighted by atomic mass is 10.2. The van der Waals surface area contributed by atoms with Crippen LogP contribution in [0.2, 0.25) is 0 Å². The lowest BCUT2D eigenvalue weighted by molar-refractivity contribution is 0.288. The summed E-state index contributed by atoms with van der Waals surface area (Å²) in [5, 5.41) is 0. The van der Waals surface area contributed by atoms with E-state index in [1.807, 2.05) is 0 Å². The van der Waals surface area contributed by atoms with Crippen LogP contribution in [0.4, 0.5) is 5.69 Å². The second-order valence-electron chi connectivity index (χ2n) is 5.92. The third kappa shape index (κ3) is 5.30. The zero-order chi connectivity index (χ0) is 15.3. The van der Waals surface area contributed by atoms with E-state index in [0.717, 1.165) is 19.6 Å². The lowest BCUT2D eigenvalue weighted by Gasteiger charge is -2.20. The van der Waals surface area contributed by atoms with Crippen molar-refractivity contribution in [2.75, 3.05) is 31.9 Å². The van der Waals surface area contributed by atoms with E-state index in [2.05, 4.69) is 16.5 Å². The van der Waals surface area contributed by atoms with Crippen molar-refractivity contribution in [2.24, 2.45) is 5.92 Å². The van der Waals surface area contributed by atoms with Gasteiger partial charge in [0, 0.05) is 18.8 Å². The van der Waals surface area contributed by atoms with Gasteiger partial charge in [0.1, 0.15) is 0 Å². The first-order chi connectivity index (χ1) is 9.96. The molecule has 1 fully saturated rings. The molecule has 0 amide bonds. The molecule has 0 saturated carbocycles. The minimum Gasteiger partial charge on any atom is -0.398 e. The zero-order valence-electron chi connectivity index (χ0n) is 12.6. The number of benzene rings is 1. The number of nitrogen functional groups attached to an aromatic ring is 1. The van der Waals surface area contributed by atoms with Gasteiger partial charge in [-0.25, -0.2) is 13.1 Å². The number of nitrogens with zero attached hydrogens (tertiary/aromatic N) is 1. The standard InChI is InChI=1S/C15H25N3O2S/c1-13(11-18-8-4-5-9-18)10-17-21(19,20)12-14-6-2-3-7-15(14)16/h2-3,6-7,13,17H,4-5,8-12,16H2,1H3. The Morgan fingerprint density at radius 3 is 2.62 bits per heavy atom. The molecule has 0 bridgehead atoms. The second kappa shape index (κ2) is 7.24. The number of hydrogen-bond acceptors (Lipinski definition) is 4. The summed E-state index contributed by atoms with van der Waals surface area (Å²) in [7, 11) is -3.33. The van der Waals surface area contributed by atoms with Gasteiger partial charge in [-0.1, -0.05) is 25.1 Å². The Hall–Kier alpha value is -1.11. The molecule has 1 aliphatic rings. The Bertz CT molecular complexity index is 554. The number of likely N-dealkylation sites (tertiary alicyclic amines) is 1. The Labute approximate surface area is 127 Å². The molecule has 1 atom stereocenters. The number of nitrogens with two attached hydrogens (primary N) is 1. The molecule has 2 rings (SSSR count). The average Bonchev–Trinajstić information content (AvgIpc) is 2.92. The van der Waals surface area contributed by atoms with E-state index < -0.39 is 10.0 Å². The van der Waals surface area contributed by atoms with Crippen LogP contribution in [0, 0.1) is 5.92 Å². The first kappa shape index (κ1) is 16.3. The molecule has 1 aliphatic heterocycles. The molecule has 1 saturated heterocycles. The number of anilines is 1. The minimum absolute atomic E-state index is 0.0594. The van der Waals surface area contributed by atoms with E-state index >= 15 is 0 Å². The molecule has 0 radical (unpaired) electrons. The van der Waals surface area contributed by atoms with Crippen LogP contribution in [0.3, 0.4) is 0 Å². The zero-order valence-corrected chi connectivity index (χ0v) is 13.4. The number of hydrogen-bond donors (Lipinski definition) is 2. The molecule has 1 aromatic rings. The third-order valence-electron chi connectivity index (χ3n) is 3.82. The van der Waals surface area contributed by atoms with Gasteiger partial charge in [0.2, 0.25) is 10.0 Å². The maximum Gasteiger partial charge on any atom is 0.215 e. The van der Waals surface area contributed by atoms with E-state index in [9.17, 15) is 8.42 Å². The Morgan fingerprint density at radius 2 is 1.95 bits per heavy atom. The van der Waals surface area contributed by atoms with Crippen LogP contribution in [0.5, 0.6) is 0 Å². The fraction of sp³-hybridized carbons (Fsp3) is 0.600. The van der Waals surface area contributed by atoms with Crippen LogP contribution in [-0.2, 0) is 15.8 Å². The van der Waals surface area contributed by atoms with Crippen LogP contribution >= 0.6 is 0 Å². The van der Waals surface area contributed by atoms with Crippen LogP contribution in [0.15, 0.2) is 24.3 Å². The molecule has 5 nitrogen and oxygen atoms in total. The van der Waals surface area contributed by atoms with Crippen molar-refractivity contribution < 1.29 is 8.42 Å². The maximum absolute atomic E-state index is 12.1. The van der Waals surface area contributed by atoms with Gasteiger partial charge in [0.05, 0.1) is 5.75 Å². The molecule has 1 aromatic carbocycles. The first-order valence-corrected chi connectivity index (χ1v) is 9.14. The summed E-state index contributed by atoms with van der Waals surface area (Å²) >= 11 is 0. The molecule has 3 N–H and O–H groups in total. The highest BCUT2D eigenvalue weighted by molar-refractivity contribution is 7.88. The number of nitrogens with one attached hydrogen (secondary N) is 1. The van der Waals surface area contributed by atoms with E-state index in [1.54, 1.807) is 24.3 Å². The smallest absolute Gasteiger partial charge is 0.215 e. The molecular formula is C15H25N3O2S. The number of sulfonamides is 1. The van der Waals surface area contributed by atoms with Crippen molar-refractivity contribution in [1.82, 2.24) is 9.62 Å². The van der Waals surface area contributed by atoms with E-state index in [0.29, 0.717) is 23.7 Å². The van der Waals surface area contributed by atoms with Gasteiger partial charge < -0.3 is 10.6 Å². The second-order valence-corrected chi connectivity index (χ2v) is 7.73. The lowest BCUT2D eigenvalue weighted by Crippen LogP contribution is -2.35. The molecule has 0 aromatic heterocycles. The SMILES string of the molecule is CC(CNS(=O)(=O)Cc1ccccc1N)CN1CCCC1. The predicted octanol–water partition coefficient (Wildman–Crippen LogP) is 1.42. The number of rotatable bonds is 7. The van der Waals surface area contributed by atoms with E-state index in [4.69, 9.17) is 5.73 Å². The molecule has 1 unspecified atom stereocenters. The van der Waals surface area contributed by atoms with Crippen molar-refractivity contribution in [3.63, 3.8) is 0 Å². The summed E-state index contributed by atoms with van der Waals surface area (Å²) < 4.78 is 26.9. The predicted molar refractivity (Wildman–Crippen MR) is 86.3 cm³/mol. The molecular weight excluding hydrogens is 286 g/mol. The van der Waals surface area contributed by atoms with Crippen molar-refractivity contribution in [1.29, 1.82) is 0 Å². The summed E-state index contributed by atoms with van der Waals surface area (Å²) in [5.41, 5.74) is 6.97. The summed E-state index contributed by atoms with van der Waals surface area (Å²) in [4.78, 5) is 2.40. The summed E-state index contributed by atoms with van der Waals surface area (Å²) in [6.07, 6.45) is 2.51. The summed E-state index contributed by atoms with van der Waals surface area (Å²) in [5.74, 6) is 0.252. The largest absolute Gasteiger partial charge is 0.398 e. The van der Waals surface area contributed by atoms with Gasteiger partial charge in [-0.05, 0) is 43.5 Å². The fourth-order valence-electron chi connectivity index (χ4n) is 2.66. The first-order valence-electron chi connectivity index (χ1n) is 7.49. The van der Waals surface area contributed by atoms with Crippen molar-refractivity contribution in [3.8, 4) is 0 Å². The molecule has 6 heteroatoms. The van der Waals surface area contributed by atoms with Crippen LogP contribution in [0.1, 0.15) is 25.3 Å². The van der Waals surface area contributed by atoms with Gasteiger partial charge in [0.15, 0.2) is 0 Å². The molecule has 0 aliphatic carbocycles. The highest BCUT2D eigenvalue weighted by Crippen LogP contribution is 2.14. The highest BCUT2D eigenvalue weighted by atomic mass is 32.2. The summed E-state index contributed by atoms with van der Waals surface area (Å²) in [6.45, 7) is 5.79. The van der Waals surface area contributed by atoms with Crippen molar-refractivity contribution in [3.05, 3.63) is 29.8 Å². The molecule has 1 heterocycles. The van der Waals surface area contributed by atoms with E-state index in [-0.39, 0.29) is 5.75 Å². The Morgan fingerprint density at radius 1 is 1.29 bits per heavy atom. The van der Waals surface area contributed by atoms with Crippen LogP contribution in [-0.4, -0.2) is 39.5 Å². The van der Waals surface area contributed by atoms with Gasteiger partial charge >= 0.3 is 0 Å². The van der Waals surface area contributed by atoms with Gasteiger partial charge in [-0.2, -0.15) is 0 Å². The number of para-hydroxylation sites is 1. The van der Waals surface area contributed by atoms with E-state index in [1.165, 1.54) is 12.8 Å². The maximum atomic E-state index is 12.1. The fourth-order valence-corrected chi connectivity index (χ4v) is 3.97. The van der Waals surface area contributed by atoms with Crippen LogP contribution < -0.4 is 10.5 Å². The molecule has 118 valence electrons. The van der Waals surface area contributed by atoms with Gasteiger partial charge in [0.25, 0.3) is 0 Å². The highest BCUT2D eigenvalue weighted by Gasteiger charge is 2.17. The van der Waals surface area contributed by atoms with Gasteiger partial charge in [-0.15, -0.1) is 0 Å². The average molecular weight is 311 g/mol. The normalized spacial score (nSPS) is 18.0. The van der Waals surface area contributed by atoms with Crippen molar-refractivity contribution >= 4 is 15.7 Å². The minimum atomic E-state index is -3.33. The Kier molecular flexibility index (Phi) is 5.61. The molecule has 21 heavy (non-hydrogen) atoms. The monoisotopic (exact) mass is 311 g/mol. The van der Waals surface area contributed by atoms with Gasteiger partial charge in [-0.3, -0.25) is 0 Å². The topological polar surface area (TPSA) is 75.4 Å². The third-order valence-corrected chi connectivity index (χ3v) is 5.12. The quantitative estimate of drug-likeness (QED) is 0.747. The summed E-state index contributed by atoms with van der Waals surface area (Å²) in [6, 6.07) is 7.08. The Balaban J connectivity index is 1.82. The van der Waals surface area contributed by atoms with Crippen molar-refractivity contribution in [2.45, 2.75) is 25.5 Å².